The lowest BCUT2D eigenvalue weighted by Gasteiger charge is -2.38. The molecule has 1 aliphatic rings. The van der Waals surface area contributed by atoms with Crippen LogP contribution in [0, 0.1) is 0 Å². The molecule has 1 fully saturated rings. The molecule has 1 aliphatic heterocycles. The lowest BCUT2D eigenvalue weighted by Crippen LogP contribution is -2.46. The molecular weight excluding hydrogens is 306 g/mol. The third-order valence-corrected chi connectivity index (χ3v) is 5.03. The van der Waals surface area contributed by atoms with Crippen LogP contribution in [0.25, 0.3) is 12.7 Å². The highest BCUT2D eigenvalue weighted by molar-refractivity contribution is 5.90. The lowest BCUT2D eigenvalue weighted by molar-refractivity contribution is 0.295. The number of hydrogen-bond acceptors (Lipinski definition) is 3. The van der Waals surface area contributed by atoms with E-state index < -0.39 is 0 Å². The molecule has 3 heteroatoms. The minimum atomic E-state index is 0.214. The third-order valence-electron chi connectivity index (χ3n) is 5.03. The number of piperidine rings is 1. The molecule has 0 aromatic heterocycles. The van der Waals surface area contributed by atoms with Gasteiger partial charge in [0.25, 0.3) is 0 Å². The van der Waals surface area contributed by atoms with Crippen molar-refractivity contribution in [1.82, 2.24) is 10.6 Å². The van der Waals surface area contributed by atoms with Gasteiger partial charge in [-0.25, -0.2) is 0 Å². The van der Waals surface area contributed by atoms with Gasteiger partial charge in [-0.2, -0.15) is 0 Å². The van der Waals surface area contributed by atoms with E-state index in [4.69, 9.17) is 0 Å². The van der Waals surface area contributed by atoms with Gasteiger partial charge in [0.1, 0.15) is 0 Å². The van der Waals surface area contributed by atoms with Gasteiger partial charge in [-0.15, -0.1) is 0 Å². The van der Waals surface area contributed by atoms with Crippen LogP contribution >= 0.6 is 0 Å². The van der Waals surface area contributed by atoms with Crippen LogP contribution in [0.3, 0.4) is 0 Å². The Bertz CT molecular complexity index is 790. The Labute approximate surface area is 150 Å². The highest BCUT2D eigenvalue weighted by Gasteiger charge is 2.33. The average molecular weight is 333 g/mol. The van der Waals surface area contributed by atoms with Crippen molar-refractivity contribution in [3.8, 4) is 0 Å². The van der Waals surface area contributed by atoms with E-state index in [2.05, 4.69) is 58.6 Å². The van der Waals surface area contributed by atoms with E-state index in [1.807, 2.05) is 30.5 Å². The predicted octanol–water partition coefficient (Wildman–Crippen LogP) is 1.82. The molecule has 130 valence electrons. The SMILES string of the molecule is C=c1cccc/c1=C/C=NCNCC1(c2ccccc2)CCNCC1. The Morgan fingerprint density at radius 3 is 2.52 bits per heavy atom. The van der Waals surface area contributed by atoms with Gasteiger partial charge >= 0.3 is 0 Å². The van der Waals surface area contributed by atoms with Crippen LogP contribution in [0.5, 0.6) is 0 Å². The first kappa shape index (κ1) is 17.6. The van der Waals surface area contributed by atoms with Crippen molar-refractivity contribution in [2.45, 2.75) is 18.3 Å². The van der Waals surface area contributed by atoms with Gasteiger partial charge in [0.2, 0.25) is 0 Å². The van der Waals surface area contributed by atoms with E-state index in [9.17, 15) is 0 Å². The number of hydrogen-bond donors (Lipinski definition) is 2. The zero-order valence-corrected chi connectivity index (χ0v) is 14.7. The van der Waals surface area contributed by atoms with Crippen molar-refractivity contribution < 1.29 is 0 Å². The molecule has 2 aromatic carbocycles. The summed E-state index contributed by atoms with van der Waals surface area (Å²) in [6.45, 7) is 7.78. The van der Waals surface area contributed by atoms with Crippen LogP contribution < -0.4 is 21.1 Å². The topological polar surface area (TPSA) is 36.4 Å². The Balaban J connectivity index is 1.59. The zero-order chi connectivity index (χ0) is 17.4. The van der Waals surface area contributed by atoms with Crippen LogP contribution in [-0.4, -0.2) is 32.5 Å². The minimum Gasteiger partial charge on any atom is -0.317 e. The molecule has 3 rings (SSSR count). The van der Waals surface area contributed by atoms with Gasteiger partial charge in [0.15, 0.2) is 0 Å². The van der Waals surface area contributed by atoms with E-state index in [1.54, 1.807) is 0 Å². The molecule has 3 nitrogen and oxygen atoms in total. The van der Waals surface area contributed by atoms with Gasteiger partial charge in [0.05, 0.1) is 6.67 Å². The van der Waals surface area contributed by atoms with Crippen LogP contribution in [0.15, 0.2) is 59.6 Å². The molecule has 2 aromatic rings. The largest absolute Gasteiger partial charge is 0.317 e. The Morgan fingerprint density at radius 2 is 1.76 bits per heavy atom. The maximum absolute atomic E-state index is 4.48. The normalized spacial score (nSPS) is 17.8. The minimum absolute atomic E-state index is 0.214. The van der Waals surface area contributed by atoms with Crippen molar-refractivity contribution in [3.05, 3.63) is 70.6 Å². The van der Waals surface area contributed by atoms with Gasteiger partial charge < -0.3 is 5.32 Å². The molecule has 0 saturated carbocycles. The quantitative estimate of drug-likeness (QED) is 0.625. The molecule has 2 N–H and O–H groups in total. The molecule has 1 saturated heterocycles. The van der Waals surface area contributed by atoms with Crippen LogP contribution in [-0.2, 0) is 5.41 Å². The second-order valence-corrected chi connectivity index (χ2v) is 6.68. The van der Waals surface area contributed by atoms with Crippen molar-refractivity contribution in [1.29, 1.82) is 0 Å². The number of rotatable bonds is 6. The molecule has 0 atom stereocenters. The molecular formula is C22H27N3. The highest BCUT2D eigenvalue weighted by Crippen LogP contribution is 2.32. The van der Waals surface area contributed by atoms with Gasteiger partial charge in [-0.1, -0.05) is 61.2 Å². The van der Waals surface area contributed by atoms with Crippen LogP contribution in [0.2, 0.25) is 0 Å². The summed E-state index contributed by atoms with van der Waals surface area (Å²) in [7, 11) is 0. The summed E-state index contributed by atoms with van der Waals surface area (Å²) >= 11 is 0. The van der Waals surface area contributed by atoms with E-state index in [0.717, 1.165) is 42.9 Å². The van der Waals surface area contributed by atoms with Crippen LogP contribution in [0.1, 0.15) is 18.4 Å². The molecule has 1 heterocycles. The number of nitrogens with zero attached hydrogens (tertiary/aromatic N) is 1. The Hall–Kier alpha value is -2.23. The summed E-state index contributed by atoms with van der Waals surface area (Å²) < 4.78 is 0. The summed E-state index contributed by atoms with van der Waals surface area (Å²) in [6.07, 6.45) is 6.21. The second-order valence-electron chi connectivity index (χ2n) is 6.68. The van der Waals surface area contributed by atoms with Crippen molar-refractivity contribution >= 4 is 18.9 Å². The smallest absolute Gasteiger partial charge is 0.0884 e. The number of benzene rings is 2. The fourth-order valence-electron chi connectivity index (χ4n) is 3.51. The molecule has 0 unspecified atom stereocenters. The molecule has 0 aliphatic carbocycles. The first-order chi connectivity index (χ1) is 12.3. The standard InChI is InChI=1S/C22H27N3/c1-19-7-5-6-8-20(19)11-14-24-18-25-17-22(12-15-23-16-13-22)21-9-3-2-4-10-21/h2-11,14,23,25H,1,12-13,15-18H2/b20-11-,24-14?. The highest BCUT2D eigenvalue weighted by atomic mass is 15.0. The molecule has 0 bridgehead atoms. The molecule has 0 amide bonds. The van der Waals surface area contributed by atoms with E-state index in [-0.39, 0.29) is 5.41 Å². The first-order valence-electron chi connectivity index (χ1n) is 9.01. The van der Waals surface area contributed by atoms with Crippen molar-refractivity contribution in [2.75, 3.05) is 26.3 Å². The fourth-order valence-corrected chi connectivity index (χ4v) is 3.51. The van der Waals surface area contributed by atoms with Gasteiger partial charge in [0, 0.05) is 18.2 Å². The zero-order valence-electron chi connectivity index (χ0n) is 14.7. The van der Waals surface area contributed by atoms with Crippen molar-refractivity contribution in [2.24, 2.45) is 4.99 Å². The monoisotopic (exact) mass is 333 g/mol. The summed E-state index contributed by atoms with van der Waals surface area (Å²) in [5.74, 6) is 0. The first-order valence-corrected chi connectivity index (χ1v) is 9.01. The molecule has 25 heavy (non-hydrogen) atoms. The Kier molecular flexibility index (Phi) is 6.15. The van der Waals surface area contributed by atoms with Gasteiger partial charge in [-0.3, -0.25) is 10.3 Å². The van der Waals surface area contributed by atoms with E-state index in [0.29, 0.717) is 6.67 Å². The summed E-state index contributed by atoms with van der Waals surface area (Å²) in [5, 5.41) is 9.15. The molecule has 0 radical (unpaired) electrons. The summed E-state index contributed by atoms with van der Waals surface area (Å²) in [5.41, 5.74) is 1.65. The molecule has 0 spiro atoms. The maximum atomic E-state index is 4.48. The third kappa shape index (κ3) is 4.65. The van der Waals surface area contributed by atoms with Crippen LogP contribution in [0.4, 0.5) is 0 Å². The van der Waals surface area contributed by atoms with E-state index in [1.165, 1.54) is 5.56 Å². The summed E-state index contributed by atoms with van der Waals surface area (Å²) in [6, 6.07) is 19.0. The number of nitrogens with one attached hydrogen (secondary N) is 2. The summed E-state index contributed by atoms with van der Waals surface area (Å²) in [4.78, 5) is 4.48. The predicted molar refractivity (Wildman–Crippen MR) is 107 cm³/mol. The Morgan fingerprint density at radius 1 is 1.04 bits per heavy atom. The van der Waals surface area contributed by atoms with Gasteiger partial charge in [-0.05, 0) is 48.0 Å². The maximum Gasteiger partial charge on any atom is 0.0884 e. The van der Waals surface area contributed by atoms with E-state index >= 15 is 0 Å². The van der Waals surface area contributed by atoms with Crippen molar-refractivity contribution in [3.63, 3.8) is 0 Å². The lowest BCUT2D eigenvalue weighted by atomic mass is 9.73. The average Bonchev–Trinajstić information content (AvgIpc) is 2.67. The fraction of sp³-hybridized carbons (Fsp3) is 0.318. The second kappa shape index (κ2) is 8.75. The number of aliphatic imine (C=N–C) groups is 1.